The van der Waals surface area contributed by atoms with Crippen LogP contribution in [0.25, 0.3) is 0 Å². The molecule has 0 saturated heterocycles. The third-order valence-electron chi connectivity index (χ3n) is 2.36. The Morgan fingerprint density at radius 3 is 2.50 bits per heavy atom. The third-order valence-corrected chi connectivity index (χ3v) is 2.58. The normalized spacial score (nSPS) is 29.9. The Balaban J connectivity index is 2.48. The Morgan fingerprint density at radius 1 is 1.70 bits per heavy atom. The number of carbonyl (C=O) groups is 1. The van der Waals surface area contributed by atoms with Gasteiger partial charge in [0.05, 0.1) is 0 Å². The zero-order valence-corrected chi connectivity index (χ0v) is 7.24. The third kappa shape index (κ3) is 1.20. The highest BCUT2D eigenvalue weighted by Crippen LogP contribution is 2.44. The van der Waals surface area contributed by atoms with Crippen LogP contribution in [0.3, 0.4) is 0 Å². The molecule has 10 heavy (non-hydrogen) atoms. The topological polar surface area (TPSA) is 17.1 Å². The molecule has 0 aromatic heterocycles. The first-order valence-electron chi connectivity index (χ1n) is 3.66. The molecule has 0 amide bonds. The second-order valence-electron chi connectivity index (χ2n) is 3.66. The van der Waals surface area contributed by atoms with Gasteiger partial charge in [-0.25, -0.2) is 0 Å². The second kappa shape index (κ2) is 2.54. The van der Waals surface area contributed by atoms with Crippen LogP contribution in [0.1, 0.15) is 26.7 Å². The standard InChI is InChI=1S/C8H13ClO/c1-8(2)5-7(10)6(8)3-4-9/h6H,3-5H2,1-2H3. The summed E-state index contributed by atoms with van der Waals surface area (Å²) in [5.74, 6) is 1.25. The van der Waals surface area contributed by atoms with Gasteiger partial charge in [-0.3, -0.25) is 4.79 Å². The van der Waals surface area contributed by atoms with Crippen LogP contribution in [0.2, 0.25) is 0 Å². The summed E-state index contributed by atoms with van der Waals surface area (Å²) in [7, 11) is 0. The molecule has 1 unspecified atom stereocenters. The molecule has 58 valence electrons. The summed E-state index contributed by atoms with van der Waals surface area (Å²) in [6.45, 7) is 4.26. The number of carbonyl (C=O) groups excluding carboxylic acids is 1. The first-order valence-corrected chi connectivity index (χ1v) is 4.20. The summed E-state index contributed by atoms with van der Waals surface area (Å²) in [4.78, 5) is 11.0. The highest BCUT2D eigenvalue weighted by molar-refractivity contribution is 6.18. The lowest BCUT2D eigenvalue weighted by Gasteiger charge is -2.42. The van der Waals surface area contributed by atoms with E-state index in [-0.39, 0.29) is 11.3 Å². The molecule has 2 heteroatoms. The van der Waals surface area contributed by atoms with Crippen LogP contribution >= 0.6 is 11.6 Å². The SMILES string of the molecule is CC1(C)CC(=O)C1CCCl. The highest BCUT2D eigenvalue weighted by Gasteiger charge is 2.45. The van der Waals surface area contributed by atoms with Crippen molar-refractivity contribution in [3.8, 4) is 0 Å². The molecule has 0 N–H and O–H groups in total. The molecule has 1 aliphatic rings. The lowest BCUT2D eigenvalue weighted by atomic mass is 9.60. The van der Waals surface area contributed by atoms with E-state index < -0.39 is 0 Å². The number of hydrogen-bond acceptors (Lipinski definition) is 1. The van der Waals surface area contributed by atoms with E-state index in [0.717, 1.165) is 12.8 Å². The number of Topliss-reactive ketones (excluding diaryl/α,β-unsaturated/α-hetero) is 1. The van der Waals surface area contributed by atoms with E-state index in [1.54, 1.807) is 0 Å². The lowest BCUT2D eigenvalue weighted by molar-refractivity contribution is -0.140. The fourth-order valence-electron chi connectivity index (χ4n) is 1.66. The molecule has 1 nitrogen and oxygen atoms in total. The van der Waals surface area contributed by atoms with Gasteiger partial charge in [0.1, 0.15) is 5.78 Å². The van der Waals surface area contributed by atoms with Crippen molar-refractivity contribution in [1.29, 1.82) is 0 Å². The van der Waals surface area contributed by atoms with Crippen LogP contribution in [-0.2, 0) is 4.79 Å². The number of hydrogen-bond donors (Lipinski definition) is 0. The van der Waals surface area contributed by atoms with Gasteiger partial charge in [0.25, 0.3) is 0 Å². The summed E-state index contributed by atoms with van der Waals surface area (Å²) < 4.78 is 0. The predicted octanol–water partition coefficient (Wildman–Crippen LogP) is 2.23. The summed E-state index contributed by atoms with van der Waals surface area (Å²) in [5, 5.41) is 0. The summed E-state index contributed by atoms with van der Waals surface area (Å²) in [6.07, 6.45) is 1.60. The van der Waals surface area contributed by atoms with Crippen LogP contribution < -0.4 is 0 Å². The largest absolute Gasteiger partial charge is 0.299 e. The zero-order valence-electron chi connectivity index (χ0n) is 6.48. The Kier molecular flexibility index (Phi) is 2.04. The molecule has 1 aliphatic carbocycles. The van der Waals surface area contributed by atoms with Gasteiger partial charge in [-0.05, 0) is 11.8 Å². The molecule has 0 spiro atoms. The fourth-order valence-corrected chi connectivity index (χ4v) is 1.88. The molecular weight excluding hydrogens is 148 g/mol. The first-order chi connectivity index (χ1) is 4.58. The first kappa shape index (κ1) is 8.06. The zero-order chi connectivity index (χ0) is 7.78. The van der Waals surface area contributed by atoms with Gasteiger partial charge >= 0.3 is 0 Å². The van der Waals surface area contributed by atoms with Gasteiger partial charge in [-0.1, -0.05) is 13.8 Å². The molecule has 0 aliphatic heterocycles. The number of ketones is 1. The molecule has 0 aromatic rings. The predicted molar refractivity (Wildman–Crippen MR) is 42.2 cm³/mol. The minimum absolute atomic E-state index is 0.228. The van der Waals surface area contributed by atoms with Crippen molar-refractivity contribution in [2.24, 2.45) is 11.3 Å². The van der Waals surface area contributed by atoms with Crippen molar-refractivity contribution in [2.75, 3.05) is 5.88 Å². The average Bonchev–Trinajstić information content (AvgIpc) is 1.82. The van der Waals surface area contributed by atoms with E-state index in [4.69, 9.17) is 11.6 Å². The maximum absolute atomic E-state index is 11.0. The molecule has 0 bridgehead atoms. The van der Waals surface area contributed by atoms with Gasteiger partial charge in [0.2, 0.25) is 0 Å². The second-order valence-corrected chi connectivity index (χ2v) is 4.04. The van der Waals surface area contributed by atoms with Gasteiger partial charge in [-0.15, -0.1) is 11.6 Å². The van der Waals surface area contributed by atoms with Crippen molar-refractivity contribution in [3.63, 3.8) is 0 Å². The smallest absolute Gasteiger partial charge is 0.137 e. The van der Waals surface area contributed by atoms with Gasteiger partial charge in [-0.2, -0.15) is 0 Å². The van der Waals surface area contributed by atoms with Gasteiger partial charge < -0.3 is 0 Å². The monoisotopic (exact) mass is 160 g/mol. The Labute approximate surface area is 66.8 Å². The van der Waals surface area contributed by atoms with Crippen molar-refractivity contribution in [1.82, 2.24) is 0 Å². The number of alkyl halides is 1. The van der Waals surface area contributed by atoms with E-state index in [9.17, 15) is 4.79 Å². The Morgan fingerprint density at radius 2 is 2.30 bits per heavy atom. The Hall–Kier alpha value is -0.0400. The van der Waals surface area contributed by atoms with Crippen molar-refractivity contribution in [2.45, 2.75) is 26.7 Å². The maximum Gasteiger partial charge on any atom is 0.137 e. The van der Waals surface area contributed by atoms with Crippen LogP contribution in [0.5, 0.6) is 0 Å². The van der Waals surface area contributed by atoms with Crippen molar-refractivity contribution >= 4 is 17.4 Å². The summed E-state index contributed by atoms with van der Waals surface area (Å²) in [5.41, 5.74) is 0.228. The summed E-state index contributed by atoms with van der Waals surface area (Å²) >= 11 is 5.55. The lowest BCUT2D eigenvalue weighted by Crippen LogP contribution is -2.44. The van der Waals surface area contributed by atoms with E-state index in [1.165, 1.54) is 0 Å². The average molecular weight is 161 g/mol. The van der Waals surface area contributed by atoms with Crippen molar-refractivity contribution in [3.05, 3.63) is 0 Å². The molecule has 0 heterocycles. The van der Waals surface area contributed by atoms with E-state index >= 15 is 0 Å². The van der Waals surface area contributed by atoms with Gasteiger partial charge in [0, 0.05) is 18.2 Å². The molecule has 1 atom stereocenters. The minimum Gasteiger partial charge on any atom is -0.299 e. The molecule has 1 rings (SSSR count). The van der Waals surface area contributed by atoms with E-state index in [2.05, 4.69) is 13.8 Å². The maximum atomic E-state index is 11.0. The summed E-state index contributed by atoms with van der Waals surface area (Å²) in [6, 6.07) is 0. The van der Waals surface area contributed by atoms with E-state index in [1.807, 2.05) is 0 Å². The molecule has 0 aromatic carbocycles. The number of rotatable bonds is 2. The van der Waals surface area contributed by atoms with Crippen LogP contribution in [-0.4, -0.2) is 11.7 Å². The molecule has 1 saturated carbocycles. The highest BCUT2D eigenvalue weighted by atomic mass is 35.5. The quantitative estimate of drug-likeness (QED) is 0.567. The molecule has 1 fully saturated rings. The van der Waals surface area contributed by atoms with Crippen LogP contribution in [0.15, 0.2) is 0 Å². The minimum atomic E-state index is 0.228. The van der Waals surface area contributed by atoms with Gasteiger partial charge in [0.15, 0.2) is 0 Å². The van der Waals surface area contributed by atoms with Crippen molar-refractivity contribution < 1.29 is 4.79 Å². The van der Waals surface area contributed by atoms with Crippen LogP contribution in [0.4, 0.5) is 0 Å². The molecule has 0 radical (unpaired) electrons. The number of halogens is 1. The Bertz CT molecular complexity index is 151. The van der Waals surface area contributed by atoms with Crippen LogP contribution in [0, 0.1) is 11.3 Å². The molecular formula is C8H13ClO. The fraction of sp³-hybridized carbons (Fsp3) is 0.875. The van der Waals surface area contributed by atoms with E-state index in [0.29, 0.717) is 11.7 Å².